The van der Waals surface area contributed by atoms with Crippen molar-refractivity contribution in [1.29, 1.82) is 0 Å². The summed E-state index contributed by atoms with van der Waals surface area (Å²) in [6.07, 6.45) is 6.83. The van der Waals surface area contributed by atoms with Crippen molar-refractivity contribution >= 4 is 6.03 Å². The van der Waals surface area contributed by atoms with Crippen LogP contribution in [0.25, 0.3) is 0 Å². The van der Waals surface area contributed by atoms with Crippen LogP contribution in [0.1, 0.15) is 52.4 Å². The average molecular weight is 298 g/mol. The minimum absolute atomic E-state index is 0.0474. The number of nitrogens with one attached hydrogen (secondary N) is 2. The second kappa shape index (κ2) is 8.59. The number of carbonyl (C=O) groups is 1. The van der Waals surface area contributed by atoms with Gasteiger partial charge in [-0.1, -0.05) is 0 Å². The molecule has 2 fully saturated rings. The first kappa shape index (κ1) is 16.6. The summed E-state index contributed by atoms with van der Waals surface area (Å²) >= 11 is 0. The highest BCUT2D eigenvalue weighted by Gasteiger charge is 2.22. The van der Waals surface area contributed by atoms with Crippen LogP contribution in [0.4, 0.5) is 4.79 Å². The lowest BCUT2D eigenvalue weighted by Gasteiger charge is -2.29. The first-order valence-corrected chi connectivity index (χ1v) is 8.41. The summed E-state index contributed by atoms with van der Waals surface area (Å²) in [4.78, 5) is 12.0. The van der Waals surface area contributed by atoms with Crippen molar-refractivity contribution in [1.82, 2.24) is 10.6 Å². The van der Waals surface area contributed by atoms with Crippen LogP contribution in [0.5, 0.6) is 0 Å². The van der Waals surface area contributed by atoms with Gasteiger partial charge in [0, 0.05) is 31.9 Å². The Morgan fingerprint density at radius 3 is 2.57 bits per heavy atom. The zero-order chi connectivity index (χ0) is 15.1. The molecule has 2 saturated heterocycles. The van der Waals surface area contributed by atoms with E-state index in [1.807, 2.05) is 0 Å². The lowest BCUT2D eigenvalue weighted by Crippen LogP contribution is -2.47. The van der Waals surface area contributed by atoms with E-state index in [0.29, 0.717) is 12.0 Å². The van der Waals surface area contributed by atoms with Gasteiger partial charge >= 0.3 is 6.03 Å². The molecule has 0 aromatic carbocycles. The molecule has 0 unspecified atom stereocenters. The van der Waals surface area contributed by atoms with E-state index in [1.165, 1.54) is 12.8 Å². The highest BCUT2D eigenvalue weighted by atomic mass is 16.5. The summed E-state index contributed by atoms with van der Waals surface area (Å²) < 4.78 is 11.0. The van der Waals surface area contributed by atoms with Gasteiger partial charge in [0.05, 0.1) is 6.10 Å². The van der Waals surface area contributed by atoms with Gasteiger partial charge in [0.15, 0.2) is 0 Å². The van der Waals surface area contributed by atoms with Crippen molar-refractivity contribution in [3.8, 4) is 0 Å². The van der Waals surface area contributed by atoms with Crippen LogP contribution in [0.15, 0.2) is 0 Å². The molecule has 2 heterocycles. The van der Waals surface area contributed by atoms with Crippen LogP contribution >= 0.6 is 0 Å². The molecular formula is C16H30N2O3. The predicted octanol–water partition coefficient (Wildman–Crippen LogP) is 2.45. The SMILES string of the molecule is C[C@H](CC[C@@H]1CCCO1)NC(=O)N[C@@H](C)C1CCOCC1. The molecule has 3 atom stereocenters. The second-order valence-electron chi connectivity index (χ2n) is 6.47. The fraction of sp³-hybridized carbons (Fsp3) is 0.938. The van der Waals surface area contributed by atoms with Crippen LogP contribution in [-0.4, -0.2) is 44.0 Å². The Balaban J connectivity index is 1.60. The maximum absolute atomic E-state index is 12.0. The van der Waals surface area contributed by atoms with Gasteiger partial charge < -0.3 is 20.1 Å². The molecule has 0 aromatic rings. The van der Waals surface area contributed by atoms with E-state index in [0.717, 1.165) is 45.5 Å². The number of hydrogen-bond donors (Lipinski definition) is 2. The number of urea groups is 1. The molecule has 2 aliphatic rings. The van der Waals surface area contributed by atoms with E-state index >= 15 is 0 Å². The van der Waals surface area contributed by atoms with Crippen molar-refractivity contribution in [2.75, 3.05) is 19.8 Å². The third kappa shape index (κ3) is 5.83. The molecular weight excluding hydrogens is 268 g/mol. The number of hydrogen-bond acceptors (Lipinski definition) is 3. The predicted molar refractivity (Wildman–Crippen MR) is 82.3 cm³/mol. The van der Waals surface area contributed by atoms with Crippen molar-refractivity contribution in [2.24, 2.45) is 5.92 Å². The Kier molecular flexibility index (Phi) is 6.77. The van der Waals surface area contributed by atoms with Crippen LogP contribution in [0.2, 0.25) is 0 Å². The Morgan fingerprint density at radius 1 is 1.14 bits per heavy atom. The summed E-state index contributed by atoms with van der Waals surface area (Å²) in [5.41, 5.74) is 0. The molecule has 0 spiro atoms. The molecule has 5 heteroatoms. The monoisotopic (exact) mass is 298 g/mol. The van der Waals surface area contributed by atoms with Crippen LogP contribution in [0.3, 0.4) is 0 Å². The van der Waals surface area contributed by atoms with Crippen molar-refractivity contribution in [3.05, 3.63) is 0 Å². The van der Waals surface area contributed by atoms with Crippen LogP contribution in [0, 0.1) is 5.92 Å². The standard InChI is InChI=1S/C16H30N2O3/c1-12(5-6-15-4-3-9-21-15)17-16(19)18-13(2)14-7-10-20-11-8-14/h12-15H,3-11H2,1-2H3,(H2,17,18,19)/t12-,13+,15+/m1/s1. The molecule has 0 saturated carbocycles. The van der Waals surface area contributed by atoms with E-state index in [9.17, 15) is 4.79 Å². The second-order valence-corrected chi connectivity index (χ2v) is 6.47. The number of carbonyl (C=O) groups excluding carboxylic acids is 1. The first-order valence-electron chi connectivity index (χ1n) is 8.41. The minimum Gasteiger partial charge on any atom is -0.381 e. The number of ether oxygens (including phenoxy) is 2. The Hall–Kier alpha value is -0.810. The summed E-state index contributed by atoms with van der Waals surface area (Å²) in [5.74, 6) is 0.534. The maximum atomic E-state index is 12.0. The normalized spacial score (nSPS) is 26.3. The topological polar surface area (TPSA) is 59.6 Å². The molecule has 2 amide bonds. The molecule has 0 aliphatic carbocycles. The fourth-order valence-corrected chi connectivity index (χ4v) is 3.19. The van der Waals surface area contributed by atoms with E-state index in [-0.39, 0.29) is 18.1 Å². The van der Waals surface area contributed by atoms with Gasteiger partial charge in [-0.15, -0.1) is 0 Å². The zero-order valence-corrected chi connectivity index (χ0v) is 13.4. The quantitative estimate of drug-likeness (QED) is 0.792. The number of rotatable bonds is 6. The van der Waals surface area contributed by atoms with Gasteiger partial charge in [-0.25, -0.2) is 4.79 Å². The average Bonchev–Trinajstić information content (AvgIpc) is 2.99. The van der Waals surface area contributed by atoms with Gasteiger partial charge in [0.25, 0.3) is 0 Å². The highest BCUT2D eigenvalue weighted by Crippen LogP contribution is 2.19. The summed E-state index contributed by atoms with van der Waals surface area (Å²) in [5, 5.41) is 6.11. The summed E-state index contributed by atoms with van der Waals surface area (Å²) in [6, 6.07) is 0.351. The van der Waals surface area contributed by atoms with E-state index < -0.39 is 0 Å². The molecule has 0 aromatic heterocycles. The fourth-order valence-electron chi connectivity index (χ4n) is 3.19. The molecule has 2 N–H and O–H groups in total. The lowest BCUT2D eigenvalue weighted by molar-refractivity contribution is 0.0570. The maximum Gasteiger partial charge on any atom is 0.315 e. The van der Waals surface area contributed by atoms with Crippen LogP contribution < -0.4 is 10.6 Å². The summed E-state index contributed by atoms with van der Waals surface area (Å²) in [6.45, 7) is 6.68. The summed E-state index contributed by atoms with van der Waals surface area (Å²) in [7, 11) is 0. The van der Waals surface area contributed by atoms with Crippen molar-refractivity contribution in [3.63, 3.8) is 0 Å². The van der Waals surface area contributed by atoms with E-state index in [2.05, 4.69) is 24.5 Å². The lowest BCUT2D eigenvalue weighted by atomic mass is 9.93. The third-order valence-corrected chi connectivity index (χ3v) is 4.65. The van der Waals surface area contributed by atoms with Gasteiger partial charge in [-0.05, 0) is 58.3 Å². The highest BCUT2D eigenvalue weighted by molar-refractivity contribution is 5.74. The van der Waals surface area contributed by atoms with Gasteiger partial charge in [-0.3, -0.25) is 0 Å². The van der Waals surface area contributed by atoms with E-state index in [1.54, 1.807) is 0 Å². The minimum atomic E-state index is -0.0474. The Labute approximate surface area is 128 Å². The number of amides is 2. The smallest absolute Gasteiger partial charge is 0.315 e. The van der Waals surface area contributed by atoms with Crippen LogP contribution in [-0.2, 0) is 9.47 Å². The van der Waals surface area contributed by atoms with Gasteiger partial charge in [0.1, 0.15) is 0 Å². The third-order valence-electron chi connectivity index (χ3n) is 4.65. The molecule has 0 bridgehead atoms. The Bertz CT molecular complexity index is 313. The molecule has 2 rings (SSSR count). The molecule has 0 radical (unpaired) electrons. The molecule has 122 valence electrons. The molecule has 2 aliphatic heterocycles. The van der Waals surface area contributed by atoms with Gasteiger partial charge in [-0.2, -0.15) is 0 Å². The van der Waals surface area contributed by atoms with Crippen molar-refractivity contribution < 1.29 is 14.3 Å². The largest absolute Gasteiger partial charge is 0.381 e. The first-order chi connectivity index (χ1) is 10.1. The van der Waals surface area contributed by atoms with Gasteiger partial charge in [0.2, 0.25) is 0 Å². The van der Waals surface area contributed by atoms with Crippen molar-refractivity contribution in [2.45, 2.75) is 70.6 Å². The zero-order valence-electron chi connectivity index (χ0n) is 13.4. The van der Waals surface area contributed by atoms with E-state index in [4.69, 9.17) is 9.47 Å². The Morgan fingerprint density at radius 2 is 1.90 bits per heavy atom. The molecule has 5 nitrogen and oxygen atoms in total. The molecule has 21 heavy (non-hydrogen) atoms.